The second kappa shape index (κ2) is 20.8. The van der Waals surface area contributed by atoms with Crippen LogP contribution in [0.1, 0.15) is 50.3 Å². The van der Waals surface area contributed by atoms with Gasteiger partial charge in [0.2, 0.25) is 0 Å². The first-order valence-electron chi connectivity index (χ1n) is 13.3. The third kappa shape index (κ3) is 12.8. The summed E-state index contributed by atoms with van der Waals surface area (Å²) in [6.07, 6.45) is 8.59. The lowest BCUT2D eigenvalue weighted by molar-refractivity contribution is -0.107. The summed E-state index contributed by atoms with van der Waals surface area (Å²) in [5.74, 6) is 0. The van der Waals surface area contributed by atoms with Crippen LogP contribution in [0.2, 0.25) is 5.02 Å². The van der Waals surface area contributed by atoms with E-state index < -0.39 is 0 Å². The van der Waals surface area contributed by atoms with Crippen molar-refractivity contribution in [2.45, 2.75) is 46.6 Å². The molecule has 0 spiro atoms. The van der Waals surface area contributed by atoms with Crippen molar-refractivity contribution >= 4 is 23.6 Å². The number of aromatic nitrogens is 1. The van der Waals surface area contributed by atoms with Crippen LogP contribution >= 0.6 is 11.6 Å². The quantitative estimate of drug-likeness (QED) is 0.162. The van der Waals surface area contributed by atoms with Crippen molar-refractivity contribution in [3.8, 4) is 11.3 Å². The molecule has 0 saturated carbocycles. The average molecular weight is 535 g/mol. The third-order valence-electron chi connectivity index (χ3n) is 5.28. The van der Waals surface area contributed by atoms with Gasteiger partial charge in [-0.3, -0.25) is 4.98 Å². The highest BCUT2D eigenvalue weighted by Gasteiger charge is 2.06. The minimum Gasteiger partial charge on any atom is -0.362 e. The normalized spacial score (nSPS) is 10.4. The highest BCUT2D eigenvalue weighted by molar-refractivity contribution is 6.30. The fraction of sp³-hybridized carbons (Fsp3) is 0.312. The Morgan fingerprint density at radius 1 is 1.03 bits per heavy atom. The number of carbonyl (C=O) groups excluding carboxylic acids is 1. The number of nitrogens with zero attached hydrogens (tertiary/aromatic N) is 1. The van der Waals surface area contributed by atoms with Crippen molar-refractivity contribution < 1.29 is 4.79 Å². The lowest BCUT2D eigenvalue weighted by Crippen LogP contribution is -2.16. The van der Waals surface area contributed by atoms with Crippen LogP contribution in [0, 0.1) is 0 Å². The number of halogens is 1. The van der Waals surface area contributed by atoms with E-state index in [2.05, 4.69) is 58.7 Å². The molecule has 5 nitrogen and oxygen atoms in total. The van der Waals surface area contributed by atoms with Gasteiger partial charge in [0, 0.05) is 41.0 Å². The van der Waals surface area contributed by atoms with E-state index in [1.54, 1.807) is 12.4 Å². The van der Waals surface area contributed by atoms with Crippen LogP contribution in [0.25, 0.3) is 17.0 Å². The molecule has 0 amide bonds. The summed E-state index contributed by atoms with van der Waals surface area (Å²) >= 11 is 6.05. The fourth-order valence-corrected chi connectivity index (χ4v) is 3.75. The Kier molecular flexibility index (Phi) is 17.9. The van der Waals surface area contributed by atoms with Crippen LogP contribution in [0.3, 0.4) is 0 Å². The second-order valence-corrected chi connectivity index (χ2v) is 8.60. The van der Waals surface area contributed by atoms with Crippen LogP contribution in [0.15, 0.2) is 85.7 Å². The van der Waals surface area contributed by atoms with E-state index in [1.165, 1.54) is 17.5 Å². The number of benzene rings is 2. The maximum Gasteiger partial charge on any atom is 0.123 e. The summed E-state index contributed by atoms with van der Waals surface area (Å²) in [5, 5.41) is 10.4. The predicted molar refractivity (Wildman–Crippen MR) is 164 cm³/mol. The van der Waals surface area contributed by atoms with Crippen molar-refractivity contribution in [1.29, 1.82) is 0 Å². The van der Waals surface area contributed by atoms with Crippen molar-refractivity contribution in [1.82, 2.24) is 20.9 Å². The Bertz CT molecular complexity index is 1110. The largest absolute Gasteiger partial charge is 0.362 e. The zero-order chi connectivity index (χ0) is 28.0. The second-order valence-electron chi connectivity index (χ2n) is 8.16. The molecule has 0 radical (unpaired) electrons. The van der Waals surface area contributed by atoms with Gasteiger partial charge in [0.25, 0.3) is 0 Å². The molecule has 3 aromatic rings. The summed E-state index contributed by atoms with van der Waals surface area (Å²) in [7, 11) is 1.96. The molecule has 0 fully saturated rings. The van der Waals surface area contributed by atoms with Crippen LogP contribution in [0.5, 0.6) is 0 Å². The molecule has 0 aliphatic rings. The standard InChI is InChI=1S/C26H26ClN3O.C4H11N.C2H6/c1-2-29-25(10-5-15-31)23-12-14-30-26(18-23)22-8-3-7-21(16-22)19-28-13-11-20-6-4-9-24(27)17-20;1-3-4-5-2;1-2/h2-4,6-10,12,14-18,28-29H,1,5,11,13,19H2;5H,3-4H2,1-2H3;1-2H3/b25-10-;;. The monoisotopic (exact) mass is 534 g/mol. The Hall–Kier alpha value is -3.25. The van der Waals surface area contributed by atoms with Crippen LogP contribution < -0.4 is 16.0 Å². The molecule has 0 unspecified atom stereocenters. The smallest absolute Gasteiger partial charge is 0.123 e. The van der Waals surface area contributed by atoms with E-state index in [0.29, 0.717) is 6.42 Å². The van der Waals surface area contributed by atoms with E-state index in [9.17, 15) is 4.79 Å². The van der Waals surface area contributed by atoms with E-state index in [4.69, 9.17) is 11.6 Å². The minimum atomic E-state index is 0.337. The van der Waals surface area contributed by atoms with Gasteiger partial charge in [0.1, 0.15) is 6.29 Å². The first-order valence-corrected chi connectivity index (χ1v) is 13.7. The van der Waals surface area contributed by atoms with Gasteiger partial charge >= 0.3 is 0 Å². The lowest BCUT2D eigenvalue weighted by Gasteiger charge is -2.10. The molecular formula is C32H43ClN4O. The number of nitrogens with one attached hydrogen (secondary N) is 3. The van der Waals surface area contributed by atoms with Crippen LogP contribution in [-0.2, 0) is 17.8 Å². The van der Waals surface area contributed by atoms with Gasteiger partial charge in [-0.15, -0.1) is 0 Å². The molecule has 0 atom stereocenters. The Morgan fingerprint density at radius 3 is 2.45 bits per heavy atom. The van der Waals surface area contributed by atoms with Crippen molar-refractivity contribution in [2.24, 2.45) is 0 Å². The van der Waals surface area contributed by atoms with Crippen molar-refractivity contribution in [2.75, 3.05) is 20.1 Å². The van der Waals surface area contributed by atoms with E-state index in [1.807, 2.05) is 63.4 Å². The number of allylic oxidation sites excluding steroid dienone is 1. The number of carbonyl (C=O) groups is 1. The van der Waals surface area contributed by atoms with Gasteiger partial charge in [-0.2, -0.15) is 0 Å². The molecule has 0 saturated heterocycles. The minimum absolute atomic E-state index is 0.337. The molecule has 204 valence electrons. The number of aldehydes is 1. The molecule has 2 aromatic carbocycles. The summed E-state index contributed by atoms with van der Waals surface area (Å²) < 4.78 is 0. The first kappa shape index (κ1) is 32.8. The topological polar surface area (TPSA) is 66.0 Å². The lowest BCUT2D eigenvalue weighted by atomic mass is 10.0. The molecule has 3 N–H and O–H groups in total. The van der Waals surface area contributed by atoms with Gasteiger partial charge in [-0.25, -0.2) is 0 Å². The zero-order valence-electron chi connectivity index (χ0n) is 23.3. The van der Waals surface area contributed by atoms with Crippen LogP contribution in [-0.4, -0.2) is 31.4 Å². The fourth-order valence-electron chi connectivity index (χ4n) is 3.54. The highest BCUT2D eigenvalue weighted by atomic mass is 35.5. The number of hydrogen-bond acceptors (Lipinski definition) is 5. The maximum absolute atomic E-state index is 10.8. The zero-order valence-corrected chi connectivity index (χ0v) is 24.0. The number of rotatable bonds is 13. The van der Waals surface area contributed by atoms with E-state index in [-0.39, 0.29) is 0 Å². The molecule has 1 aromatic heterocycles. The first-order chi connectivity index (χ1) is 18.6. The third-order valence-corrected chi connectivity index (χ3v) is 5.51. The number of pyridine rings is 1. The Balaban J connectivity index is 0.000000924. The molecule has 0 aliphatic heterocycles. The van der Waals surface area contributed by atoms with Gasteiger partial charge in [-0.1, -0.05) is 75.4 Å². The SMILES string of the molecule is C=CN/C(=C\CC=O)c1ccnc(-c2cccc(CNCCc3cccc(Cl)c3)c2)c1.CC.CCCNC. The van der Waals surface area contributed by atoms with Crippen LogP contribution in [0.4, 0.5) is 0 Å². The van der Waals surface area contributed by atoms with E-state index >= 15 is 0 Å². The molecule has 3 rings (SSSR count). The molecule has 0 aliphatic carbocycles. The Morgan fingerprint density at radius 2 is 1.79 bits per heavy atom. The van der Waals surface area contributed by atoms with Crippen molar-refractivity contribution in [3.63, 3.8) is 0 Å². The van der Waals surface area contributed by atoms with Gasteiger partial charge in [0.15, 0.2) is 0 Å². The summed E-state index contributed by atoms with van der Waals surface area (Å²) in [6.45, 7) is 12.7. The summed E-state index contributed by atoms with van der Waals surface area (Å²) in [6, 6.07) is 20.2. The Labute approximate surface area is 234 Å². The molecule has 38 heavy (non-hydrogen) atoms. The molecule has 0 bridgehead atoms. The predicted octanol–water partition coefficient (Wildman–Crippen LogP) is 7.04. The molecular weight excluding hydrogens is 492 g/mol. The van der Waals surface area contributed by atoms with Crippen molar-refractivity contribution in [3.05, 3.63) is 107 Å². The van der Waals surface area contributed by atoms with E-state index in [0.717, 1.165) is 59.9 Å². The summed E-state index contributed by atoms with van der Waals surface area (Å²) in [4.78, 5) is 15.3. The number of hydrogen-bond donors (Lipinski definition) is 3. The van der Waals surface area contributed by atoms with Gasteiger partial charge in [-0.05, 0) is 80.6 Å². The molecule has 1 heterocycles. The summed E-state index contributed by atoms with van der Waals surface area (Å²) in [5.41, 5.74) is 6.13. The average Bonchev–Trinajstić information content (AvgIpc) is 2.95. The van der Waals surface area contributed by atoms with Gasteiger partial charge < -0.3 is 20.7 Å². The van der Waals surface area contributed by atoms with Gasteiger partial charge in [0.05, 0.1) is 5.69 Å². The highest BCUT2D eigenvalue weighted by Crippen LogP contribution is 2.22. The maximum atomic E-state index is 10.8. The molecule has 6 heteroatoms.